The Hall–Kier alpha value is -1.33. The lowest BCUT2D eigenvalue weighted by Crippen LogP contribution is -2.50. The van der Waals surface area contributed by atoms with Gasteiger partial charge in [-0.3, -0.25) is 0 Å². The molecular weight excluding hydrogens is 267 g/mol. The normalized spacial score (nSPS) is 26.3. The summed E-state index contributed by atoms with van der Waals surface area (Å²) in [5.41, 5.74) is 1.99. The summed E-state index contributed by atoms with van der Waals surface area (Å²) in [7, 11) is 0. The highest BCUT2D eigenvalue weighted by Crippen LogP contribution is 2.34. The van der Waals surface area contributed by atoms with Crippen molar-refractivity contribution in [2.45, 2.75) is 31.6 Å². The maximum absolute atomic E-state index is 12.8. The summed E-state index contributed by atoms with van der Waals surface area (Å²) in [4.78, 5) is 0. The summed E-state index contributed by atoms with van der Waals surface area (Å²) in [5, 5.41) is 3.39. The average Bonchev–Trinajstić information content (AvgIpc) is 2.37. The largest absolute Gasteiger partial charge is 0.416 e. The molecule has 3 rings (SSSR count). The molecule has 0 radical (unpaired) electrons. The molecule has 1 aromatic rings. The quantitative estimate of drug-likeness (QED) is 0.855. The third kappa shape index (κ3) is 2.60. The van der Waals surface area contributed by atoms with Gasteiger partial charge in [0, 0.05) is 12.1 Å². The summed E-state index contributed by atoms with van der Waals surface area (Å²) in [6, 6.07) is 4.26. The Kier molecular flexibility index (Phi) is 3.34. The molecule has 1 saturated heterocycles. The lowest BCUT2D eigenvalue weighted by Gasteiger charge is -2.35. The van der Waals surface area contributed by atoms with Crippen molar-refractivity contribution in [3.05, 3.63) is 41.0 Å². The Labute approximate surface area is 115 Å². The highest BCUT2D eigenvalue weighted by atomic mass is 19.4. The third-order valence-electron chi connectivity index (χ3n) is 3.85. The molecule has 2 aliphatic heterocycles. The van der Waals surface area contributed by atoms with Crippen LogP contribution in [0.4, 0.5) is 13.2 Å². The van der Waals surface area contributed by atoms with E-state index in [1.807, 2.05) is 13.0 Å². The Morgan fingerprint density at radius 1 is 1.25 bits per heavy atom. The minimum Gasteiger partial charge on any atom is -0.378 e. The van der Waals surface area contributed by atoms with Gasteiger partial charge in [0.05, 0.1) is 18.8 Å². The lowest BCUT2D eigenvalue weighted by molar-refractivity contribution is -0.137. The first-order chi connectivity index (χ1) is 9.43. The zero-order valence-corrected chi connectivity index (χ0v) is 11.1. The van der Waals surface area contributed by atoms with Crippen molar-refractivity contribution in [1.82, 2.24) is 5.32 Å². The average molecular weight is 283 g/mol. The van der Waals surface area contributed by atoms with Crippen LogP contribution >= 0.6 is 0 Å². The predicted octanol–water partition coefficient (Wildman–Crippen LogP) is 3.16. The standard InChI is InChI=1S/C15H16F3NO/c1-9-2-3-11(15(16,17)18)6-14(9)10-4-12-7-20-8-13(5-10)19-12/h2-4,6,12-13,19H,5,7-8H2,1H3. The van der Waals surface area contributed by atoms with Crippen LogP contribution in [0.1, 0.15) is 23.1 Å². The maximum atomic E-state index is 12.8. The molecular formula is C15H16F3NO. The zero-order valence-electron chi connectivity index (χ0n) is 11.1. The number of halogens is 3. The minimum absolute atomic E-state index is 0.103. The Morgan fingerprint density at radius 2 is 2.05 bits per heavy atom. The van der Waals surface area contributed by atoms with Crippen molar-refractivity contribution in [3.63, 3.8) is 0 Å². The number of fused-ring (bicyclic) bond motifs is 2. The first-order valence-corrected chi connectivity index (χ1v) is 6.66. The first-order valence-electron chi connectivity index (χ1n) is 6.66. The predicted molar refractivity (Wildman–Crippen MR) is 70.3 cm³/mol. The fraction of sp³-hybridized carbons (Fsp3) is 0.467. The Bertz CT molecular complexity index is 551. The van der Waals surface area contributed by atoms with E-state index in [0.717, 1.165) is 17.2 Å². The molecule has 0 spiro atoms. The van der Waals surface area contributed by atoms with Crippen molar-refractivity contribution < 1.29 is 17.9 Å². The Balaban J connectivity index is 1.99. The van der Waals surface area contributed by atoms with Crippen molar-refractivity contribution in [3.8, 4) is 0 Å². The van der Waals surface area contributed by atoms with Crippen LogP contribution in [-0.4, -0.2) is 25.3 Å². The van der Waals surface area contributed by atoms with Crippen molar-refractivity contribution >= 4 is 5.57 Å². The van der Waals surface area contributed by atoms with E-state index in [2.05, 4.69) is 5.32 Å². The van der Waals surface area contributed by atoms with Crippen molar-refractivity contribution in [2.75, 3.05) is 13.2 Å². The molecule has 0 aromatic heterocycles. The molecule has 2 heterocycles. The SMILES string of the molecule is Cc1ccc(C(F)(F)F)cc1C1=CC2COCC(C1)N2. The second-order valence-corrected chi connectivity index (χ2v) is 5.43. The number of rotatable bonds is 1. The summed E-state index contributed by atoms with van der Waals surface area (Å²) in [6.07, 6.45) is -1.59. The van der Waals surface area contributed by atoms with E-state index in [9.17, 15) is 13.2 Å². The summed E-state index contributed by atoms with van der Waals surface area (Å²) in [6.45, 7) is 3.05. The third-order valence-corrected chi connectivity index (χ3v) is 3.85. The minimum atomic E-state index is -4.30. The molecule has 20 heavy (non-hydrogen) atoms. The van der Waals surface area contributed by atoms with Crippen LogP contribution in [0.5, 0.6) is 0 Å². The molecule has 2 bridgehead atoms. The van der Waals surface area contributed by atoms with Crippen molar-refractivity contribution in [1.29, 1.82) is 0 Å². The van der Waals surface area contributed by atoms with Gasteiger partial charge in [-0.05, 0) is 42.2 Å². The second-order valence-electron chi connectivity index (χ2n) is 5.43. The van der Waals surface area contributed by atoms with Crippen LogP contribution in [0.3, 0.4) is 0 Å². The van der Waals surface area contributed by atoms with Gasteiger partial charge in [-0.2, -0.15) is 13.2 Å². The molecule has 2 atom stereocenters. The van der Waals surface area contributed by atoms with Crippen LogP contribution < -0.4 is 5.32 Å². The number of ether oxygens (including phenoxy) is 1. The molecule has 1 aromatic carbocycles. The molecule has 2 unspecified atom stereocenters. The van der Waals surface area contributed by atoms with Crippen LogP contribution in [0.2, 0.25) is 0 Å². The van der Waals surface area contributed by atoms with Gasteiger partial charge in [-0.15, -0.1) is 0 Å². The van der Waals surface area contributed by atoms with Gasteiger partial charge in [0.2, 0.25) is 0 Å². The molecule has 0 aliphatic carbocycles. The number of aryl methyl sites for hydroxylation is 1. The van der Waals surface area contributed by atoms with Crippen molar-refractivity contribution in [2.24, 2.45) is 0 Å². The topological polar surface area (TPSA) is 21.3 Å². The monoisotopic (exact) mass is 283 g/mol. The molecule has 2 aliphatic rings. The molecule has 0 saturated carbocycles. The number of alkyl halides is 3. The number of benzene rings is 1. The van der Waals surface area contributed by atoms with Crippen LogP contribution in [0, 0.1) is 6.92 Å². The van der Waals surface area contributed by atoms with E-state index in [4.69, 9.17) is 4.74 Å². The summed E-state index contributed by atoms with van der Waals surface area (Å²) >= 11 is 0. The van der Waals surface area contributed by atoms with Gasteiger partial charge < -0.3 is 10.1 Å². The highest BCUT2D eigenvalue weighted by molar-refractivity contribution is 5.71. The molecule has 1 fully saturated rings. The van der Waals surface area contributed by atoms with Gasteiger partial charge in [0.25, 0.3) is 0 Å². The Morgan fingerprint density at radius 3 is 2.75 bits per heavy atom. The van der Waals surface area contributed by atoms with Gasteiger partial charge in [-0.25, -0.2) is 0 Å². The van der Waals surface area contributed by atoms with Gasteiger partial charge in [-0.1, -0.05) is 12.1 Å². The number of hydrogen-bond acceptors (Lipinski definition) is 2. The van der Waals surface area contributed by atoms with Gasteiger partial charge in [0.1, 0.15) is 0 Å². The van der Waals surface area contributed by atoms with E-state index in [1.54, 1.807) is 6.07 Å². The molecule has 108 valence electrons. The van der Waals surface area contributed by atoms with Crippen LogP contribution in [0.15, 0.2) is 24.3 Å². The van der Waals surface area contributed by atoms with E-state index < -0.39 is 11.7 Å². The first kappa shape index (κ1) is 13.6. The van der Waals surface area contributed by atoms with E-state index >= 15 is 0 Å². The molecule has 2 nitrogen and oxygen atoms in total. The van der Waals surface area contributed by atoms with E-state index in [-0.39, 0.29) is 12.1 Å². The highest BCUT2D eigenvalue weighted by Gasteiger charge is 2.32. The lowest BCUT2D eigenvalue weighted by atomic mass is 9.88. The summed E-state index contributed by atoms with van der Waals surface area (Å²) < 4.78 is 44.0. The molecule has 1 N–H and O–H groups in total. The maximum Gasteiger partial charge on any atom is 0.416 e. The van der Waals surface area contributed by atoms with E-state index in [1.165, 1.54) is 6.07 Å². The number of hydrogen-bond donors (Lipinski definition) is 1. The van der Waals surface area contributed by atoms with E-state index in [0.29, 0.717) is 25.2 Å². The zero-order chi connectivity index (χ0) is 14.3. The number of nitrogens with one attached hydrogen (secondary N) is 1. The smallest absolute Gasteiger partial charge is 0.378 e. The van der Waals surface area contributed by atoms with Gasteiger partial charge >= 0.3 is 6.18 Å². The molecule has 5 heteroatoms. The number of morpholine rings is 1. The van der Waals surface area contributed by atoms with Crippen LogP contribution in [-0.2, 0) is 10.9 Å². The van der Waals surface area contributed by atoms with Gasteiger partial charge in [0.15, 0.2) is 0 Å². The summed E-state index contributed by atoms with van der Waals surface area (Å²) in [5.74, 6) is 0. The second kappa shape index (κ2) is 4.90. The fourth-order valence-electron chi connectivity index (χ4n) is 2.87. The fourth-order valence-corrected chi connectivity index (χ4v) is 2.87. The molecule has 0 amide bonds. The van der Waals surface area contributed by atoms with Crippen LogP contribution in [0.25, 0.3) is 5.57 Å².